The van der Waals surface area contributed by atoms with Crippen LogP contribution in [0.4, 0.5) is 5.69 Å². The summed E-state index contributed by atoms with van der Waals surface area (Å²) < 4.78 is 10.6. The molecular weight excluding hydrogens is 244 g/mol. The molecule has 0 amide bonds. The summed E-state index contributed by atoms with van der Waals surface area (Å²) in [5.41, 5.74) is 7.09. The van der Waals surface area contributed by atoms with Gasteiger partial charge in [-0.3, -0.25) is 4.79 Å². The maximum absolute atomic E-state index is 12.1. The number of rotatable bonds is 5. The Labute approximate surface area is 113 Å². The van der Waals surface area contributed by atoms with E-state index < -0.39 is 0 Å². The van der Waals surface area contributed by atoms with E-state index in [-0.39, 0.29) is 5.78 Å². The lowest BCUT2D eigenvalue weighted by atomic mass is 10.1. The fourth-order valence-corrected chi connectivity index (χ4v) is 2.20. The van der Waals surface area contributed by atoms with Gasteiger partial charge in [0.2, 0.25) is 0 Å². The molecule has 1 heterocycles. The lowest BCUT2D eigenvalue weighted by Crippen LogP contribution is -2.36. The molecule has 2 N–H and O–H groups in total. The molecule has 0 aromatic heterocycles. The van der Waals surface area contributed by atoms with Crippen LogP contribution in [0, 0.1) is 0 Å². The largest absolute Gasteiger partial charge is 0.496 e. The van der Waals surface area contributed by atoms with E-state index in [4.69, 9.17) is 15.2 Å². The molecular formula is C14H20N2O3. The molecule has 0 saturated carbocycles. The number of anilines is 1. The summed E-state index contributed by atoms with van der Waals surface area (Å²) in [5.74, 6) is 0.630. The third-order valence-electron chi connectivity index (χ3n) is 3.23. The highest BCUT2D eigenvalue weighted by Gasteiger charge is 2.16. The van der Waals surface area contributed by atoms with Gasteiger partial charge in [0.25, 0.3) is 0 Å². The second-order valence-electron chi connectivity index (χ2n) is 4.45. The van der Waals surface area contributed by atoms with Crippen molar-refractivity contribution in [2.24, 2.45) is 5.73 Å². The summed E-state index contributed by atoms with van der Waals surface area (Å²) >= 11 is 0. The van der Waals surface area contributed by atoms with Crippen molar-refractivity contribution in [1.29, 1.82) is 0 Å². The number of benzene rings is 1. The van der Waals surface area contributed by atoms with Crippen LogP contribution in [0.15, 0.2) is 18.2 Å². The van der Waals surface area contributed by atoms with Gasteiger partial charge in [-0.05, 0) is 24.7 Å². The summed E-state index contributed by atoms with van der Waals surface area (Å²) in [4.78, 5) is 14.3. The first-order valence-corrected chi connectivity index (χ1v) is 6.50. The van der Waals surface area contributed by atoms with Crippen LogP contribution in [0.3, 0.4) is 0 Å². The number of nitrogens with zero attached hydrogens (tertiary/aromatic N) is 1. The molecule has 0 aliphatic carbocycles. The van der Waals surface area contributed by atoms with Gasteiger partial charge >= 0.3 is 0 Å². The van der Waals surface area contributed by atoms with Crippen LogP contribution in [0.25, 0.3) is 0 Å². The molecule has 104 valence electrons. The van der Waals surface area contributed by atoms with Crippen molar-refractivity contribution in [3.63, 3.8) is 0 Å². The molecule has 0 unspecified atom stereocenters. The number of methoxy groups -OCH3 is 1. The van der Waals surface area contributed by atoms with E-state index in [1.807, 2.05) is 18.2 Å². The number of hydrogen-bond donors (Lipinski definition) is 1. The average molecular weight is 264 g/mol. The van der Waals surface area contributed by atoms with E-state index in [2.05, 4.69) is 4.90 Å². The van der Waals surface area contributed by atoms with Crippen LogP contribution in [0.5, 0.6) is 5.75 Å². The number of nitrogens with two attached hydrogens (primary N) is 1. The molecule has 0 bridgehead atoms. The Kier molecular flexibility index (Phi) is 4.76. The second kappa shape index (κ2) is 6.54. The standard InChI is InChI=1S/C14H20N2O3/c1-18-14-3-2-11(16-6-8-19-9-7-16)10-12(14)13(17)4-5-15/h2-3,10H,4-9,15H2,1H3. The Hall–Kier alpha value is -1.59. The van der Waals surface area contributed by atoms with E-state index in [9.17, 15) is 4.79 Å². The van der Waals surface area contributed by atoms with Crippen molar-refractivity contribution in [2.75, 3.05) is 44.9 Å². The predicted octanol–water partition coefficient (Wildman–Crippen LogP) is 1.06. The van der Waals surface area contributed by atoms with Gasteiger partial charge in [0, 0.05) is 25.2 Å². The summed E-state index contributed by atoms with van der Waals surface area (Å²) in [7, 11) is 1.57. The minimum atomic E-state index is 0.0226. The van der Waals surface area contributed by atoms with Gasteiger partial charge in [-0.15, -0.1) is 0 Å². The second-order valence-corrected chi connectivity index (χ2v) is 4.45. The van der Waals surface area contributed by atoms with Crippen molar-refractivity contribution >= 4 is 11.5 Å². The van der Waals surface area contributed by atoms with Gasteiger partial charge in [-0.1, -0.05) is 0 Å². The monoisotopic (exact) mass is 264 g/mol. The third-order valence-corrected chi connectivity index (χ3v) is 3.23. The molecule has 1 fully saturated rings. The summed E-state index contributed by atoms with van der Waals surface area (Å²) in [6.07, 6.45) is 0.336. The van der Waals surface area contributed by atoms with Gasteiger partial charge in [-0.25, -0.2) is 0 Å². The Morgan fingerprint density at radius 2 is 2.16 bits per heavy atom. The summed E-state index contributed by atoms with van der Waals surface area (Å²) in [6, 6.07) is 5.71. The number of carbonyl (C=O) groups excluding carboxylic acids is 1. The Balaban J connectivity index is 2.26. The molecule has 19 heavy (non-hydrogen) atoms. The van der Waals surface area contributed by atoms with Crippen LogP contribution >= 0.6 is 0 Å². The van der Waals surface area contributed by atoms with Crippen LogP contribution in [0.1, 0.15) is 16.8 Å². The predicted molar refractivity (Wildman–Crippen MR) is 74.0 cm³/mol. The van der Waals surface area contributed by atoms with Crippen molar-refractivity contribution in [1.82, 2.24) is 0 Å². The maximum atomic E-state index is 12.1. The molecule has 5 heteroatoms. The quantitative estimate of drug-likeness (QED) is 0.806. The van der Waals surface area contributed by atoms with Gasteiger partial charge in [0.1, 0.15) is 5.75 Å². The first kappa shape index (κ1) is 13.8. The molecule has 2 rings (SSSR count). The third kappa shape index (κ3) is 3.24. The zero-order valence-corrected chi connectivity index (χ0v) is 11.2. The van der Waals surface area contributed by atoms with E-state index in [1.54, 1.807) is 7.11 Å². The normalized spacial score (nSPS) is 15.4. The van der Waals surface area contributed by atoms with Gasteiger partial charge in [0.05, 0.1) is 25.9 Å². The molecule has 5 nitrogen and oxygen atoms in total. The highest BCUT2D eigenvalue weighted by atomic mass is 16.5. The van der Waals surface area contributed by atoms with Crippen molar-refractivity contribution in [2.45, 2.75) is 6.42 Å². The minimum absolute atomic E-state index is 0.0226. The number of ketones is 1. The van der Waals surface area contributed by atoms with Gasteiger partial charge in [-0.2, -0.15) is 0 Å². The van der Waals surface area contributed by atoms with Crippen LogP contribution in [-0.4, -0.2) is 45.7 Å². The SMILES string of the molecule is COc1ccc(N2CCOCC2)cc1C(=O)CCN. The molecule has 0 radical (unpaired) electrons. The summed E-state index contributed by atoms with van der Waals surface area (Å²) in [5, 5.41) is 0. The van der Waals surface area contributed by atoms with Crippen molar-refractivity contribution < 1.29 is 14.3 Å². The topological polar surface area (TPSA) is 64.8 Å². The minimum Gasteiger partial charge on any atom is -0.496 e. The smallest absolute Gasteiger partial charge is 0.167 e. The first-order chi connectivity index (χ1) is 9.26. The summed E-state index contributed by atoms with van der Waals surface area (Å²) in [6.45, 7) is 3.48. The lowest BCUT2D eigenvalue weighted by Gasteiger charge is -2.29. The average Bonchev–Trinajstić information content (AvgIpc) is 2.47. The molecule has 1 aliphatic rings. The number of carbonyl (C=O) groups is 1. The number of ether oxygens (including phenoxy) is 2. The Morgan fingerprint density at radius 1 is 1.42 bits per heavy atom. The van der Waals surface area contributed by atoms with E-state index in [0.29, 0.717) is 24.3 Å². The Bertz CT molecular complexity index is 442. The van der Waals surface area contributed by atoms with E-state index >= 15 is 0 Å². The molecule has 1 aromatic rings. The number of Topliss-reactive ketones (excluding diaryl/α,β-unsaturated/α-hetero) is 1. The van der Waals surface area contributed by atoms with Crippen molar-refractivity contribution in [3.05, 3.63) is 23.8 Å². The fraction of sp³-hybridized carbons (Fsp3) is 0.500. The van der Waals surface area contributed by atoms with Crippen LogP contribution < -0.4 is 15.4 Å². The van der Waals surface area contributed by atoms with Crippen molar-refractivity contribution in [3.8, 4) is 5.75 Å². The highest BCUT2D eigenvalue weighted by molar-refractivity contribution is 5.99. The molecule has 0 spiro atoms. The maximum Gasteiger partial charge on any atom is 0.167 e. The van der Waals surface area contributed by atoms with Crippen LogP contribution in [0.2, 0.25) is 0 Å². The first-order valence-electron chi connectivity index (χ1n) is 6.50. The zero-order chi connectivity index (χ0) is 13.7. The van der Waals surface area contributed by atoms with Crippen LogP contribution in [-0.2, 0) is 4.74 Å². The molecule has 0 atom stereocenters. The van der Waals surface area contributed by atoms with E-state index in [1.165, 1.54) is 0 Å². The number of hydrogen-bond acceptors (Lipinski definition) is 5. The Morgan fingerprint density at radius 3 is 2.79 bits per heavy atom. The molecule has 1 aliphatic heterocycles. The number of morpholine rings is 1. The van der Waals surface area contributed by atoms with Gasteiger partial charge in [0.15, 0.2) is 5.78 Å². The molecule has 1 saturated heterocycles. The highest BCUT2D eigenvalue weighted by Crippen LogP contribution is 2.26. The zero-order valence-electron chi connectivity index (χ0n) is 11.2. The van der Waals surface area contributed by atoms with Gasteiger partial charge < -0.3 is 20.1 Å². The fourth-order valence-electron chi connectivity index (χ4n) is 2.20. The lowest BCUT2D eigenvalue weighted by molar-refractivity contribution is 0.0982. The van der Waals surface area contributed by atoms with E-state index in [0.717, 1.165) is 32.0 Å². The molecule has 1 aromatic carbocycles.